The lowest BCUT2D eigenvalue weighted by atomic mass is 9.77. The first-order valence-electron chi connectivity index (χ1n) is 7.84. The standard InChI is InChI=1S/C19H21NS/c20-13-19(10-9-14-5-1-3-7-17(14)19)12-16-11-15-6-2-4-8-18(15)21-16/h1-8,16H,9-13,20H2. The molecule has 0 spiro atoms. The Morgan fingerprint density at radius 2 is 1.81 bits per heavy atom. The average molecular weight is 295 g/mol. The van der Waals surface area contributed by atoms with E-state index in [-0.39, 0.29) is 5.41 Å². The zero-order chi connectivity index (χ0) is 14.3. The predicted octanol–water partition coefficient (Wildman–Crippen LogP) is 3.94. The van der Waals surface area contributed by atoms with Gasteiger partial charge >= 0.3 is 0 Å². The third-order valence-corrected chi connectivity index (χ3v) is 6.50. The van der Waals surface area contributed by atoms with Crippen molar-refractivity contribution in [3.8, 4) is 0 Å². The number of aryl methyl sites for hydroxylation is 1. The summed E-state index contributed by atoms with van der Waals surface area (Å²) in [7, 11) is 0. The van der Waals surface area contributed by atoms with E-state index >= 15 is 0 Å². The van der Waals surface area contributed by atoms with E-state index in [9.17, 15) is 0 Å². The van der Waals surface area contributed by atoms with Crippen molar-refractivity contribution in [2.75, 3.05) is 6.54 Å². The normalized spacial score (nSPS) is 26.6. The van der Waals surface area contributed by atoms with Crippen LogP contribution in [0.5, 0.6) is 0 Å². The molecule has 2 unspecified atom stereocenters. The lowest BCUT2D eigenvalue weighted by molar-refractivity contribution is 0.396. The van der Waals surface area contributed by atoms with Crippen LogP contribution < -0.4 is 5.73 Å². The van der Waals surface area contributed by atoms with Crippen molar-refractivity contribution in [2.24, 2.45) is 5.73 Å². The van der Waals surface area contributed by atoms with E-state index in [1.165, 1.54) is 47.3 Å². The molecule has 0 saturated heterocycles. The van der Waals surface area contributed by atoms with Gasteiger partial charge in [0, 0.05) is 22.1 Å². The third-order valence-electron chi connectivity index (χ3n) is 5.18. The number of hydrogen-bond acceptors (Lipinski definition) is 2. The summed E-state index contributed by atoms with van der Waals surface area (Å²) in [6.45, 7) is 0.775. The average Bonchev–Trinajstić information content (AvgIpc) is 3.09. The van der Waals surface area contributed by atoms with Gasteiger partial charge in [-0.25, -0.2) is 0 Å². The second kappa shape index (κ2) is 5.19. The molecular weight excluding hydrogens is 274 g/mol. The Morgan fingerprint density at radius 1 is 1.05 bits per heavy atom. The molecule has 1 nitrogen and oxygen atoms in total. The van der Waals surface area contributed by atoms with Crippen LogP contribution in [0, 0.1) is 0 Å². The van der Waals surface area contributed by atoms with E-state index in [0.29, 0.717) is 5.25 Å². The largest absolute Gasteiger partial charge is 0.330 e. The van der Waals surface area contributed by atoms with Crippen LogP contribution in [0.15, 0.2) is 53.4 Å². The van der Waals surface area contributed by atoms with E-state index in [1.54, 1.807) is 0 Å². The molecule has 2 heteroatoms. The molecule has 2 aromatic rings. The first kappa shape index (κ1) is 13.4. The minimum absolute atomic E-state index is 0.205. The highest BCUT2D eigenvalue weighted by molar-refractivity contribution is 8.00. The van der Waals surface area contributed by atoms with Gasteiger partial charge in [0.05, 0.1) is 0 Å². The molecule has 0 aromatic heterocycles. The van der Waals surface area contributed by atoms with Crippen molar-refractivity contribution >= 4 is 11.8 Å². The number of fused-ring (bicyclic) bond motifs is 2. The van der Waals surface area contributed by atoms with Crippen LogP contribution in [0.1, 0.15) is 29.5 Å². The Hall–Kier alpha value is -1.25. The van der Waals surface area contributed by atoms with Crippen LogP contribution in [-0.4, -0.2) is 11.8 Å². The highest BCUT2D eigenvalue weighted by atomic mass is 32.2. The molecule has 0 amide bonds. The smallest absolute Gasteiger partial charge is 0.0144 e. The molecule has 1 heterocycles. The SMILES string of the molecule is NCC1(CC2Cc3ccccc3S2)CCc2ccccc21. The molecule has 0 fully saturated rings. The molecule has 4 rings (SSSR count). The van der Waals surface area contributed by atoms with Crippen LogP contribution in [0.25, 0.3) is 0 Å². The van der Waals surface area contributed by atoms with Gasteiger partial charge < -0.3 is 5.73 Å². The summed E-state index contributed by atoms with van der Waals surface area (Å²) in [6, 6.07) is 17.8. The highest BCUT2D eigenvalue weighted by Gasteiger charge is 2.40. The van der Waals surface area contributed by atoms with Gasteiger partial charge in [-0.3, -0.25) is 0 Å². The molecule has 0 bridgehead atoms. The maximum atomic E-state index is 6.26. The molecule has 1 aliphatic carbocycles. The third kappa shape index (κ3) is 2.21. The molecule has 2 aliphatic rings. The maximum Gasteiger partial charge on any atom is 0.0144 e. The van der Waals surface area contributed by atoms with Gasteiger partial charge in [-0.05, 0) is 48.4 Å². The summed E-state index contributed by atoms with van der Waals surface area (Å²) in [5.74, 6) is 0. The van der Waals surface area contributed by atoms with Gasteiger partial charge in [-0.15, -0.1) is 11.8 Å². The van der Waals surface area contributed by atoms with Crippen molar-refractivity contribution in [2.45, 2.75) is 41.2 Å². The topological polar surface area (TPSA) is 26.0 Å². The monoisotopic (exact) mass is 295 g/mol. The van der Waals surface area contributed by atoms with Gasteiger partial charge in [0.25, 0.3) is 0 Å². The second-order valence-electron chi connectivity index (χ2n) is 6.40. The summed E-state index contributed by atoms with van der Waals surface area (Å²) in [4.78, 5) is 1.47. The lowest BCUT2D eigenvalue weighted by Crippen LogP contribution is -2.35. The molecular formula is C19H21NS. The van der Waals surface area contributed by atoms with E-state index in [2.05, 4.69) is 60.3 Å². The Morgan fingerprint density at radius 3 is 2.62 bits per heavy atom. The zero-order valence-corrected chi connectivity index (χ0v) is 13.0. The Labute approximate surface area is 130 Å². The Kier molecular flexibility index (Phi) is 3.31. The lowest BCUT2D eigenvalue weighted by Gasteiger charge is -2.31. The van der Waals surface area contributed by atoms with Gasteiger partial charge in [-0.2, -0.15) is 0 Å². The fraction of sp³-hybridized carbons (Fsp3) is 0.368. The van der Waals surface area contributed by atoms with E-state index in [0.717, 1.165) is 6.54 Å². The van der Waals surface area contributed by atoms with Crippen LogP contribution >= 0.6 is 11.8 Å². The predicted molar refractivity (Wildman–Crippen MR) is 89.9 cm³/mol. The number of nitrogens with two attached hydrogens (primary N) is 1. The highest BCUT2D eigenvalue weighted by Crippen LogP contribution is 2.47. The Bertz CT molecular complexity index is 641. The van der Waals surface area contributed by atoms with Crippen molar-refractivity contribution in [3.05, 3.63) is 65.2 Å². The van der Waals surface area contributed by atoms with Crippen molar-refractivity contribution in [1.82, 2.24) is 0 Å². The number of thioether (sulfide) groups is 1. The number of benzene rings is 2. The Balaban J connectivity index is 1.60. The van der Waals surface area contributed by atoms with Crippen LogP contribution in [0.2, 0.25) is 0 Å². The van der Waals surface area contributed by atoms with Crippen LogP contribution in [0.4, 0.5) is 0 Å². The van der Waals surface area contributed by atoms with Crippen LogP contribution in [-0.2, 0) is 18.3 Å². The quantitative estimate of drug-likeness (QED) is 0.928. The molecule has 2 atom stereocenters. The fourth-order valence-electron chi connectivity index (χ4n) is 4.08. The molecule has 0 saturated carbocycles. The first-order valence-corrected chi connectivity index (χ1v) is 8.72. The summed E-state index contributed by atoms with van der Waals surface area (Å²) in [5.41, 5.74) is 11.0. The number of hydrogen-bond donors (Lipinski definition) is 1. The maximum absolute atomic E-state index is 6.26. The van der Waals surface area contributed by atoms with Gasteiger partial charge in [-0.1, -0.05) is 42.5 Å². The summed E-state index contributed by atoms with van der Waals surface area (Å²) < 4.78 is 0. The summed E-state index contributed by atoms with van der Waals surface area (Å²) in [6.07, 6.45) is 4.82. The fourth-order valence-corrected chi connectivity index (χ4v) is 5.56. The van der Waals surface area contributed by atoms with E-state index in [4.69, 9.17) is 5.73 Å². The zero-order valence-electron chi connectivity index (χ0n) is 12.2. The molecule has 1 aliphatic heterocycles. The van der Waals surface area contributed by atoms with Crippen LogP contribution in [0.3, 0.4) is 0 Å². The molecule has 108 valence electrons. The molecule has 2 N–H and O–H groups in total. The minimum atomic E-state index is 0.205. The van der Waals surface area contributed by atoms with Crippen molar-refractivity contribution < 1.29 is 0 Å². The van der Waals surface area contributed by atoms with Gasteiger partial charge in [0.2, 0.25) is 0 Å². The van der Waals surface area contributed by atoms with Gasteiger partial charge in [0.15, 0.2) is 0 Å². The summed E-state index contributed by atoms with van der Waals surface area (Å²) in [5, 5.41) is 0.678. The number of rotatable bonds is 3. The molecule has 0 radical (unpaired) electrons. The molecule has 21 heavy (non-hydrogen) atoms. The second-order valence-corrected chi connectivity index (χ2v) is 7.74. The van der Waals surface area contributed by atoms with E-state index in [1.807, 2.05) is 0 Å². The van der Waals surface area contributed by atoms with E-state index < -0.39 is 0 Å². The first-order chi connectivity index (χ1) is 10.3. The van der Waals surface area contributed by atoms with Crippen molar-refractivity contribution in [1.29, 1.82) is 0 Å². The van der Waals surface area contributed by atoms with Gasteiger partial charge in [0.1, 0.15) is 0 Å². The van der Waals surface area contributed by atoms with Crippen molar-refractivity contribution in [3.63, 3.8) is 0 Å². The summed E-state index contributed by atoms with van der Waals surface area (Å²) >= 11 is 2.06. The molecule has 2 aromatic carbocycles. The minimum Gasteiger partial charge on any atom is -0.330 e.